The molecular formula is C21H32N4. The first kappa shape index (κ1) is 17.1. The fourth-order valence-electron chi connectivity index (χ4n) is 4.54. The second-order valence-corrected chi connectivity index (χ2v) is 7.88. The van der Waals surface area contributed by atoms with E-state index in [4.69, 9.17) is 0 Å². The number of rotatable bonds is 5. The number of hydrogen-bond acceptors (Lipinski definition) is 3. The van der Waals surface area contributed by atoms with Gasteiger partial charge in [-0.25, -0.2) is 0 Å². The van der Waals surface area contributed by atoms with Crippen molar-refractivity contribution in [3.05, 3.63) is 36.0 Å². The summed E-state index contributed by atoms with van der Waals surface area (Å²) in [7, 11) is 2.25. The number of aromatic nitrogens is 1. The molecule has 4 nitrogen and oxygen atoms in total. The molecule has 0 spiro atoms. The molecule has 0 aliphatic carbocycles. The van der Waals surface area contributed by atoms with Gasteiger partial charge in [0.2, 0.25) is 0 Å². The van der Waals surface area contributed by atoms with E-state index in [1.807, 2.05) is 0 Å². The van der Waals surface area contributed by atoms with Crippen LogP contribution in [0.15, 0.2) is 30.5 Å². The Hall–Kier alpha value is -1.36. The Morgan fingerprint density at radius 2 is 1.76 bits per heavy atom. The first-order valence-electron chi connectivity index (χ1n) is 9.99. The van der Waals surface area contributed by atoms with Gasteiger partial charge in [-0.2, -0.15) is 0 Å². The van der Waals surface area contributed by atoms with Crippen LogP contribution in [-0.2, 0) is 6.42 Å². The second kappa shape index (κ2) is 7.90. The molecule has 1 aromatic carbocycles. The number of piperidine rings is 1. The summed E-state index contributed by atoms with van der Waals surface area (Å²) in [6, 6.07) is 9.49. The molecule has 3 heterocycles. The molecule has 2 saturated heterocycles. The number of nitrogens with zero attached hydrogens (tertiary/aromatic N) is 3. The molecule has 4 heteroatoms. The third-order valence-electron chi connectivity index (χ3n) is 6.21. The highest BCUT2D eigenvalue weighted by molar-refractivity contribution is 5.82. The Morgan fingerprint density at radius 3 is 2.56 bits per heavy atom. The topological polar surface area (TPSA) is 25.5 Å². The summed E-state index contributed by atoms with van der Waals surface area (Å²) in [5, 5.41) is 1.40. The van der Waals surface area contributed by atoms with Crippen molar-refractivity contribution in [2.75, 3.05) is 52.9 Å². The third-order valence-corrected chi connectivity index (χ3v) is 6.21. The van der Waals surface area contributed by atoms with Gasteiger partial charge in [-0.1, -0.05) is 18.2 Å². The van der Waals surface area contributed by atoms with Crippen LogP contribution in [-0.4, -0.2) is 78.6 Å². The molecule has 2 aromatic rings. The molecule has 2 fully saturated rings. The Balaban J connectivity index is 1.20. The van der Waals surface area contributed by atoms with Crippen LogP contribution in [0.1, 0.15) is 24.8 Å². The van der Waals surface area contributed by atoms with Crippen molar-refractivity contribution in [2.45, 2.75) is 31.7 Å². The van der Waals surface area contributed by atoms with Crippen LogP contribution in [0.3, 0.4) is 0 Å². The Labute approximate surface area is 151 Å². The summed E-state index contributed by atoms with van der Waals surface area (Å²) >= 11 is 0. The zero-order valence-electron chi connectivity index (χ0n) is 15.6. The zero-order chi connectivity index (χ0) is 17.1. The van der Waals surface area contributed by atoms with E-state index in [1.165, 1.54) is 88.0 Å². The average molecular weight is 341 g/mol. The molecule has 0 radical (unpaired) electrons. The summed E-state index contributed by atoms with van der Waals surface area (Å²) in [5.41, 5.74) is 2.74. The molecule has 1 N–H and O–H groups in total. The van der Waals surface area contributed by atoms with Crippen molar-refractivity contribution < 1.29 is 0 Å². The molecule has 2 aliphatic rings. The van der Waals surface area contributed by atoms with Gasteiger partial charge in [-0.05, 0) is 64.0 Å². The second-order valence-electron chi connectivity index (χ2n) is 7.88. The molecule has 0 bridgehead atoms. The zero-order valence-corrected chi connectivity index (χ0v) is 15.6. The number of piperazine rings is 1. The van der Waals surface area contributed by atoms with E-state index < -0.39 is 0 Å². The number of hydrogen-bond donors (Lipinski definition) is 1. The fraction of sp³-hybridized carbons (Fsp3) is 0.619. The monoisotopic (exact) mass is 340 g/mol. The summed E-state index contributed by atoms with van der Waals surface area (Å²) in [6.45, 7) is 8.81. The van der Waals surface area contributed by atoms with Gasteiger partial charge in [0.25, 0.3) is 0 Å². The number of H-pyrrole nitrogens is 1. The standard InChI is InChI=1S/C21H32N4/c1-23-11-8-19(9-12-23)25-15-13-24(14-16-25)10-4-5-18-17-22-21-7-3-2-6-20(18)21/h2-3,6-7,17,19,22H,4-5,8-16H2,1H3. The van der Waals surface area contributed by atoms with Gasteiger partial charge in [0, 0.05) is 49.3 Å². The predicted molar refractivity (Wildman–Crippen MR) is 105 cm³/mol. The van der Waals surface area contributed by atoms with E-state index >= 15 is 0 Å². The molecule has 1 aromatic heterocycles. The Kier molecular flexibility index (Phi) is 5.39. The molecule has 2 aliphatic heterocycles. The van der Waals surface area contributed by atoms with Crippen LogP contribution in [0, 0.1) is 0 Å². The van der Waals surface area contributed by atoms with Crippen LogP contribution in [0.2, 0.25) is 0 Å². The Bertz CT molecular complexity index is 663. The van der Waals surface area contributed by atoms with Crippen LogP contribution >= 0.6 is 0 Å². The lowest BCUT2D eigenvalue weighted by Crippen LogP contribution is -2.52. The van der Waals surface area contributed by atoms with Crippen molar-refractivity contribution in [2.24, 2.45) is 0 Å². The Morgan fingerprint density at radius 1 is 1.00 bits per heavy atom. The van der Waals surface area contributed by atoms with E-state index in [0.717, 1.165) is 6.04 Å². The lowest BCUT2D eigenvalue weighted by molar-refractivity contribution is 0.0643. The first-order valence-corrected chi connectivity index (χ1v) is 9.99. The number of fused-ring (bicyclic) bond motifs is 1. The highest BCUT2D eigenvalue weighted by Gasteiger charge is 2.26. The van der Waals surface area contributed by atoms with Crippen LogP contribution in [0.4, 0.5) is 0 Å². The third kappa shape index (κ3) is 4.08. The van der Waals surface area contributed by atoms with Gasteiger partial charge in [0.1, 0.15) is 0 Å². The van der Waals surface area contributed by atoms with Crippen molar-refractivity contribution in [1.29, 1.82) is 0 Å². The van der Waals surface area contributed by atoms with E-state index in [2.05, 4.69) is 57.2 Å². The molecule has 4 rings (SSSR count). The minimum Gasteiger partial charge on any atom is -0.361 e. The maximum absolute atomic E-state index is 3.40. The average Bonchev–Trinajstić information content (AvgIpc) is 3.06. The summed E-state index contributed by atoms with van der Waals surface area (Å²) < 4.78 is 0. The quantitative estimate of drug-likeness (QED) is 0.906. The van der Waals surface area contributed by atoms with Crippen LogP contribution in [0.5, 0.6) is 0 Å². The van der Waals surface area contributed by atoms with Crippen molar-refractivity contribution >= 4 is 10.9 Å². The summed E-state index contributed by atoms with van der Waals surface area (Å²) in [6.07, 6.45) is 7.35. The molecular weight excluding hydrogens is 308 g/mol. The van der Waals surface area contributed by atoms with Gasteiger partial charge in [0.15, 0.2) is 0 Å². The normalized spacial score (nSPS) is 22.0. The number of benzene rings is 1. The minimum atomic E-state index is 0.838. The number of para-hydroxylation sites is 1. The van der Waals surface area contributed by atoms with Crippen molar-refractivity contribution in [1.82, 2.24) is 19.7 Å². The maximum Gasteiger partial charge on any atom is 0.0456 e. The number of aromatic amines is 1. The van der Waals surface area contributed by atoms with Gasteiger partial charge < -0.3 is 14.8 Å². The first-order chi connectivity index (χ1) is 12.3. The SMILES string of the molecule is CN1CCC(N2CCN(CCCc3c[nH]c4ccccc34)CC2)CC1. The lowest BCUT2D eigenvalue weighted by atomic mass is 10.0. The maximum atomic E-state index is 3.40. The largest absolute Gasteiger partial charge is 0.361 e. The van der Waals surface area contributed by atoms with Gasteiger partial charge >= 0.3 is 0 Å². The molecule has 0 atom stereocenters. The highest BCUT2D eigenvalue weighted by atomic mass is 15.3. The van der Waals surface area contributed by atoms with Crippen LogP contribution in [0.25, 0.3) is 10.9 Å². The lowest BCUT2D eigenvalue weighted by Gasteiger charge is -2.42. The highest BCUT2D eigenvalue weighted by Crippen LogP contribution is 2.20. The summed E-state index contributed by atoms with van der Waals surface area (Å²) in [4.78, 5) is 11.3. The van der Waals surface area contributed by atoms with Crippen molar-refractivity contribution in [3.8, 4) is 0 Å². The minimum absolute atomic E-state index is 0.838. The number of nitrogens with one attached hydrogen (secondary N) is 1. The molecule has 0 unspecified atom stereocenters. The fourth-order valence-corrected chi connectivity index (χ4v) is 4.54. The number of likely N-dealkylation sites (tertiary alicyclic amines) is 1. The smallest absolute Gasteiger partial charge is 0.0456 e. The van der Waals surface area contributed by atoms with E-state index in [0.29, 0.717) is 0 Å². The van der Waals surface area contributed by atoms with E-state index in [1.54, 1.807) is 0 Å². The van der Waals surface area contributed by atoms with Gasteiger partial charge in [-0.3, -0.25) is 4.90 Å². The number of aryl methyl sites for hydroxylation is 1. The van der Waals surface area contributed by atoms with E-state index in [-0.39, 0.29) is 0 Å². The van der Waals surface area contributed by atoms with Gasteiger partial charge in [-0.15, -0.1) is 0 Å². The van der Waals surface area contributed by atoms with Crippen molar-refractivity contribution in [3.63, 3.8) is 0 Å². The predicted octanol–water partition coefficient (Wildman–Crippen LogP) is 2.81. The van der Waals surface area contributed by atoms with E-state index in [9.17, 15) is 0 Å². The molecule has 25 heavy (non-hydrogen) atoms. The molecule has 136 valence electrons. The summed E-state index contributed by atoms with van der Waals surface area (Å²) in [5.74, 6) is 0. The molecule has 0 saturated carbocycles. The van der Waals surface area contributed by atoms with Crippen LogP contribution < -0.4 is 0 Å². The van der Waals surface area contributed by atoms with Gasteiger partial charge in [0.05, 0.1) is 0 Å². The molecule has 0 amide bonds.